The summed E-state index contributed by atoms with van der Waals surface area (Å²) >= 11 is 0. The van der Waals surface area contributed by atoms with Crippen molar-refractivity contribution in [3.8, 4) is 0 Å². The Morgan fingerprint density at radius 3 is 3.00 bits per heavy atom. The van der Waals surface area contributed by atoms with Crippen molar-refractivity contribution in [3.05, 3.63) is 5.89 Å². The molecule has 0 bridgehead atoms. The number of β-amino-alcohol motifs (C(OH)–C–C–N with tert-alkyl or cyclic N) is 1. The molecule has 1 fully saturated rings. The van der Waals surface area contributed by atoms with Gasteiger partial charge in [0.2, 0.25) is 5.89 Å². The van der Waals surface area contributed by atoms with E-state index in [1.807, 2.05) is 18.9 Å². The zero-order valence-electron chi connectivity index (χ0n) is 8.97. The molecule has 2 rings (SSSR count). The maximum Gasteiger partial charge on any atom is 0.318 e. The summed E-state index contributed by atoms with van der Waals surface area (Å²) in [4.78, 5) is 1.91. The van der Waals surface area contributed by atoms with Crippen LogP contribution in [0.1, 0.15) is 25.3 Å². The number of hydrogen-bond acceptors (Lipinski definition) is 6. The SMILES string of the molecule is CNC(C)c1nnc(N2CCC(O)C2)o1. The van der Waals surface area contributed by atoms with Gasteiger partial charge in [-0.2, -0.15) is 0 Å². The zero-order chi connectivity index (χ0) is 10.8. The van der Waals surface area contributed by atoms with Crippen molar-refractivity contribution >= 4 is 6.01 Å². The molecular formula is C9H16N4O2. The van der Waals surface area contributed by atoms with E-state index < -0.39 is 0 Å². The molecule has 2 N–H and O–H groups in total. The molecule has 0 amide bonds. The van der Waals surface area contributed by atoms with Crippen LogP contribution in [0.15, 0.2) is 4.42 Å². The fourth-order valence-corrected chi connectivity index (χ4v) is 1.57. The van der Waals surface area contributed by atoms with Gasteiger partial charge in [-0.3, -0.25) is 0 Å². The Kier molecular flexibility index (Phi) is 2.88. The van der Waals surface area contributed by atoms with Gasteiger partial charge >= 0.3 is 6.01 Å². The van der Waals surface area contributed by atoms with Gasteiger partial charge in [-0.1, -0.05) is 5.10 Å². The molecule has 6 nitrogen and oxygen atoms in total. The molecule has 0 spiro atoms. The van der Waals surface area contributed by atoms with E-state index in [0.717, 1.165) is 13.0 Å². The Labute approximate surface area is 88.3 Å². The van der Waals surface area contributed by atoms with Crippen molar-refractivity contribution < 1.29 is 9.52 Å². The van der Waals surface area contributed by atoms with Crippen LogP contribution in [-0.4, -0.2) is 41.5 Å². The lowest BCUT2D eigenvalue weighted by molar-refractivity contribution is 0.198. The maximum absolute atomic E-state index is 9.38. The number of hydrogen-bond donors (Lipinski definition) is 2. The van der Waals surface area contributed by atoms with Gasteiger partial charge in [-0.15, -0.1) is 5.10 Å². The highest BCUT2D eigenvalue weighted by molar-refractivity contribution is 5.26. The highest BCUT2D eigenvalue weighted by Crippen LogP contribution is 2.20. The molecule has 0 aliphatic carbocycles. The van der Waals surface area contributed by atoms with Gasteiger partial charge in [0.15, 0.2) is 0 Å². The molecule has 6 heteroatoms. The second-order valence-corrected chi connectivity index (χ2v) is 3.82. The van der Waals surface area contributed by atoms with Crippen molar-refractivity contribution in [2.45, 2.75) is 25.5 Å². The van der Waals surface area contributed by atoms with Gasteiger partial charge in [0.25, 0.3) is 0 Å². The van der Waals surface area contributed by atoms with Gasteiger partial charge in [0, 0.05) is 13.1 Å². The third-order valence-corrected chi connectivity index (χ3v) is 2.67. The molecule has 2 atom stereocenters. The minimum atomic E-state index is -0.276. The molecule has 1 aliphatic heterocycles. The Morgan fingerprint density at radius 1 is 1.60 bits per heavy atom. The fraction of sp³-hybridized carbons (Fsp3) is 0.778. The molecule has 0 aromatic carbocycles. The summed E-state index contributed by atoms with van der Waals surface area (Å²) in [5.41, 5.74) is 0. The molecule has 1 aromatic rings. The van der Waals surface area contributed by atoms with Gasteiger partial charge in [0.05, 0.1) is 12.1 Å². The number of rotatable bonds is 3. The standard InChI is InChI=1S/C9H16N4O2/c1-6(10-2)8-11-12-9(15-8)13-4-3-7(14)5-13/h6-7,10,14H,3-5H2,1-2H3. The Bertz CT molecular complexity index is 328. The minimum absolute atomic E-state index is 0.0544. The van der Waals surface area contributed by atoms with Gasteiger partial charge in [-0.25, -0.2) is 0 Å². The largest absolute Gasteiger partial charge is 0.406 e. The first-order chi connectivity index (χ1) is 7.20. The third kappa shape index (κ3) is 2.10. The highest BCUT2D eigenvalue weighted by atomic mass is 16.4. The van der Waals surface area contributed by atoms with Crippen LogP contribution in [0.25, 0.3) is 0 Å². The van der Waals surface area contributed by atoms with Crippen molar-refractivity contribution in [2.75, 3.05) is 25.0 Å². The van der Waals surface area contributed by atoms with Crippen molar-refractivity contribution in [1.82, 2.24) is 15.5 Å². The number of anilines is 1. The molecule has 0 radical (unpaired) electrons. The summed E-state index contributed by atoms with van der Waals surface area (Å²) in [7, 11) is 1.84. The van der Waals surface area contributed by atoms with Crippen LogP contribution in [0.4, 0.5) is 6.01 Å². The van der Waals surface area contributed by atoms with Gasteiger partial charge < -0.3 is 19.7 Å². The molecule has 84 valence electrons. The number of aliphatic hydroxyl groups is 1. The lowest BCUT2D eigenvalue weighted by Crippen LogP contribution is -2.21. The third-order valence-electron chi connectivity index (χ3n) is 2.67. The van der Waals surface area contributed by atoms with E-state index in [1.165, 1.54) is 0 Å². The summed E-state index contributed by atoms with van der Waals surface area (Å²) in [6, 6.07) is 0.558. The molecule has 15 heavy (non-hydrogen) atoms. The van der Waals surface area contributed by atoms with Crippen LogP contribution < -0.4 is 10.2 Å². The average Bonchev–Trinajstić information content (AvgIpc) is 2.84. The maximum atomic E-state index is 9.38. The molecule has 2 heterocycles. The molecule has 0 saturated carbocycles. The van der Waals surface area contributed by atoms with Crippen molar-refractivity contribution in [2.24, 2.45) is 0 Å². The van der Waals surface area contributed by atoms with Crippen LogP contribution in [-0.2, 0) is 0 Å². The second kappa shape index (κ2) is 4.16. The Morgan fingerprint density at radius 2 is 2.40 bits per heavy atom. The second-order valence-electron chi connectivity index (χ2n) is 3.82. The quantitative estimate of drug-likeness (QED) is 0.730. The topological polar surface area (TPSA) is 74.4 Å². The lowest BCUT2D eigenvalue weighted by Gasteiger charge is -2.10. The van der Waals surface area contributed by atoms with Crippen molar-refractivity contribution in [3.63, 3.8) is 0 Å². The molecule has 1 aromatic heterocycles. The van der Waals surface area contributed by atoms with Crippen LogP contribution >= 0.6 is 0 Å². The number of nitrogens with one attached hydrogen (secondary N) is 1. The first kappa shape index (κ1) is 10.4. The van der Waals surface area contributed by atoms with Crippen LogP contribution in [0.3, 0.4) is 0 Å². The van der Waals surface area contributed by atoms with Crippen LogP contribution in [0, 0.1) is 0 Å². The minimum Gasteiger partial charge on any atom is -0.406 e. The number of nitrogens with zero attached hydrogens (tertiary/aromatic N) is 3. The molecular weight excluding hydrogens is 196 g/mol. The number of aromatic nitrogens is 2. The predicted molar refractivity (Wildman–Crippen MR) is 54.6 cm³/mol. The summed E-state index contributed by atoms with van der Waals surface area (Å²) < 4.78 is 5.50. The molecule has 2 unspecified atom stereocenters. The monoisotopic (exact) mass is 212 g/mol. The molecule has 1 aliphatic rings. The first-order valence-corrected chi connectivity index (χ1v) is 5.14. The van der Waals surface area contributed by atoms with Gasteiger partial charge in [-0.05, 0) is 20.4 Å². The molecule has 1 saturated heterocycles. The first-order valence-electron chi connectivity index (χ1n) is 5.14. The van der Waals surface area contributed by atoms with Gasteiger partial charge in [0.1, 0.15) is 0 Å². The van der Waals surface area contributed by atoms with Crippen LogP contribution in [0.2, 0.25) is 0 Å². The Hall–Kier alpha value is -1.14. The van der Waals surface area contributed by atoms with E-state index in [1.54, 1.807) is 0 Å². The van der Waals surface area contributed by atoms with E-state index >= 15 is 0 Å². The van der Waals surface area contributed by atoms with E-state index in [2.05, 4.69) is 15.5 Å². The summed E-state index contributed by atoms with van der Waals surface area (Å²) in [6.07, 6.45) is 0.487. The summed E-state index contributed by atoms with van der Waals surface area (Å²) in [5.74, 6) is 0.578. The highest BCUT2D eigenvalue weighted by Gasteiger charge is 2.25. The predicted octanol–water partition coefficient (Wildman–Crippen LogP) is -0.0790. The summed E-state index contributed by atoms with van der Waals surface area (Å²) in [5, 5.41) is 20.3. The average molecular weight is 212 g/mol. The van der Waals surface area contributed by atoms with E-state index in [4.69, 9.17) is 4.42 Å². The normalized spacial score (nSPS) is 23.4. The number of aliphatic hydroxyl groups excluding tert-OH is 1. The summed E-state index contributed by atoms with van der Waals surface area (Å²) in [6.45, 7) is 3.31. The fourth-order valence-electron chi connectivity index (χ4n) is 1.57. The zero-order valence-corrected chi connectivity index (χ0v) is 8.97. The van der Waals surface area contributed by atoms with Crippen LogP contribution in [0.5, 0.6) is 0 Å². The lowest BCUT2D eigenvalue weighted by atomic mass is 10.3. The van der Waals surface area contributed by atoms with E-state index in [9.17, 15) is 5.11 Å². The Balaban J connectivity index is 2.07. The smallest absolute Gasteiger partial charge is 0.318 e. The van der Waals surface area contributed by atoms with E-state index in [-0.39, 0.29) is 12.1 Å². The van der Waals surface area contributed by atoms with E-state index in [0.29, 0.717) is 18.5 Å². The van der Waals surface area contributed by atoms with Crippen molar-refractivity contribution in [1.29, 1.82) is 0 Å².